The van der Waals surface area contributed by atoms with Gasteiger partial charge in [0, 0.05) is 50.0 Å². The lowest BCUT2D eigenvalue weighted by atomic mass is 9.86. The smallest absolute Gasteiger partial charge is 0.174 e. The first-order chi connectivity index (χ1) is 16.7. The molecule has 0 amide bonds. The second-order valence-corrected chi connectivity index (χ2v) is 10.6. The molecule has 1 fully saturated rings. The van der Waals surface area contributed by atoms with Crippen LogP contribution in [-0.2, 0) is 0 Å². The van der Waals surface area contributed by atoms with Gasteiger partial charge in [-0.2, -0.15) is 0 Å². The van der Waals surface area contributed by atoms with Crippen molar-refractivity contribution in [1.29, 1.82) is 0 Å². The highest BCUT2D eigenvalue weighted by Gasteiger charge is 2.41. The van der Waals surface area contributed by atoms with Gasteiger partial charge < -0.3 is 20.0 Å². The van der Waals surface area contributed by atoms with E-state index in [0.29, 0.717) is 5.11 Å². The molecule has 5 nitrogen and oxygen atoms in total. The van der Waals surface area contributed by atoms with Crippen LogP contribution in [-0.4, -0.2) is 36.8 Å². The highest BCUT2D eigenvalue weighted by Crippen LogP contribution is 2.45. The Kier molecular flexibility index (Phi) is 5.80. The van der Waals surface area contributed by atoms with E-state index in [2.05, 4.69) is 117 Å². The predicted molar refractivity (Wildman–Crippen MR) is 151 cm³/mol. The minimum Gasteiger partial charge on any atom is -0.378 e. The van der Waals surface area contributed by atoms with E-state index in [1.807, 2.05) is 18.3 Å². The minimum absolute atomic E-state index is 0.0220. The lowest BCUT2D eigenvalue weighted by molar-refractivity contribution is 0.566. The Hall–Kier alpha value is -3.38. The van der Waals surface area contributed by atoms with Gasteiger partial charge in [-0.25, -0.2) is 0 Å². The highest BCUT2D eigenvalue weighted by molar-refractivity contribution is 7.80. The normalized spacial score (nSPS) is 20.9. The number of rotatable bonds is 4. The van der Waals surface area contributed by atoms with Crippen LogP contribution >= 0.6 is 12.2 Å². The van der Waals surface area contributed by atoms with Crippen LogP contribution in [0.5, 0.6) is 0 Å². The summed E-state index contributed by atoms with van der Waals surface area (Å²) in [5, 5.41) is 4.29. The lowest BCUT2D eigenvalue weighted by Crippen LogP contribution is -2.42. The summed E-state index contributed by atoms with van der Waals surface area (Å²) < 4.78 is 0. The number of nitrogens with one attached hydrogen (secondary N) is 1. The zero-order valence-electron chi connectivity index (χ0n) is 21.3. The molecule has 0 bridgehead atoms. The van der Waals surface area contributed by atoms with Gasteiger partial charge in [-0.05, 0) is 92.7 Å². The first kappa shape index (κ1) is 23.4. The number of allylic oxidation sites excluding steroid dienone is 1. The van der Waals surface area contributed by atoms with Crippen LogP contribution in [0.3, 0.4) is 0 Å². The standard InChI is InChI=1S/C29H33N5S/c1-19-18-29(2,3)33(6)25-15-10-20(17-23(19)25)27-26(24-9-7-8-16-30-24)31-28(35)34(27)22-13-11-21(12-14-22)32(4)5/h7-18,26-27H,1-6H3,(H,31,35)/t26-,27-/m1/s1. The summed E-state index contributed by atoms with van der Waals surface area (Å²) in [6, 6.07) is 21.4. The summed E-state index contributed by atoms with van der Waals surface area (Å²) in [4.78, 5) is 11.4. The molecule has 6 heteroatoms. The van der Waals surface area contributed by atoms with Crippen LogP contribution in [0.4, 0.5) is 17.1 Å². The molecule has 0 spiro atoms. The number of benzene rings is 2. The highest BCUT2D eigenvalue weighted by atomic mass is 32.1. The summed E-state index contributed by atoms with van der Waals surface area (Å²) >= 11 is 5.91. The molecule has 2 aromatic carbocycles. The molecule has 1 saturated heterocycles. The summed E-state index contributed by atoms with van der Waals surface area (Å²) in [5.74, 6) is 0. The molecular formula is C29H33N5S. The Morgan fingerprint density at radius 2 is 1.77 bits per heavy atom. The quantitative estimate of drug-likeness (QED) is 0.462. The number of likely N-dealkylation sites (N-methyl/N-ethyl adjacent to an activating group) is 1. The van der Waals surface area contributed by atoms with Crippen molar-refractivity contribution < 1.29 is 0 Å². The van der Waals surface area contributed by atoms with E-state index >= 15 is 0 Å². The van der Waals surface area contributed by atoms with Crippen molar-refractivity contribution in [2.75, 3.05) is 35.8 Å². The SMILES string of the molecule is CC1=CC(C)(C)N(C)c2ccc([C@@H]3[C@@H](c4ccccn4)NC(=S)N3c3ccc(N(C)C)cc3)cc21. The molecule has 3 aromatic rings. The zero-order valence-corrected chi connectivity index (χ0v) is 22.1. The van der Waals surface area contributed by atoms with E-state index in [1.165, 1.54) is 22.4 Å². The van der Waals surface area contributed by atoms with Crippen LogP contribution in [0.25, 0.3) is 5.57 Å². The number of fused-ring (bicyclic) bond motifs is 1. The van der Waals surface area contributed by atoms with Gasteiger partial charge in [0.2, 0.25) is 0 Å². The van der Waals surface area contributed by atoms with Crippen molar-refractivity contribution in [2.45, 2.75) is 38.4 Å². The third-order valence-corrected chi connectivity index (χ3v) is 7.64. The van der Waals surface area contributed by atoms with Crippen LogP contribution < -0.4 is 20.0 Å². The molecule has 3 heterocycles. The first-order valence-corrected chi connectivity index (χ1v) is 12.4. The fraction of sp³-hybridized carbons (Fsp3) is 0.310. The average molecular weight is 484 g/mol. The zero-order chi connectivity index (χ0) is 24.9. The largest absolute Gasteiger partial charge is 0.378 e. The number of hydrogen-bond acceptors (Lipinski definition) is 4. The summed E-state index contributed by atoms with van der Waals surface area (Å²) in [7, 11) is 6.28. The Balaban J connectivity index is 1.63. The molecule has 0 radical (unpaired) electrons. The molecule has 0 aliphatic carbocycles. The third-order valence-electron chi connectivity index (χ3n) is 7.32. The Morgan fingerprint density at radius 1 is 1.03 bits per heavy atom. The molecule has 0 unspecified atom stereocenters. The van der Waals surface area contributed by atoms with Gasteiger partial charge in [-0.1, -0.05) is 18.2 Å². The van der Waals surface area contributed by atoms with Crippen molar-refractivity contribution in [3.05, 3.63) is 89.8 Å². The fourth-order valence-corrected chi connectivity index (χ4v) is 5.59. The van der Waals surface area contributed by atoms with Crippen LogP contribution in [0, 0.1) is 0 Å². The number of pyridine rings is 1. The predicted octanol–water partition coefficient (Wildman–Crippen LogP) is 5.96. The summed E-state index contributed by atoms with van der Waals surface area (Å²) in [6.07, 6.45) is 4.20. The van der Waals surface area contributed by atoms with E-state index < -0.39 is 0 Å². The summed E-state index contributed by atoms with van der Waals surface area (Å²) in [5.41, 5.74) is 8.22. The van der Waals surface area contributed by atoms with Gasteiger partial charge in [0.15, 0.2) is 5.11 Å². The van der Waals surface area contributed by atoms with Crippen LogP contribution in [0.15, 0.2) is 72.9 Å². The fourth-order valence-electron chi connectivity index (χ4n) is 5.24. The maximum atomic E-state index is 5.91. The molecule has 1 aromatic heterocycles. The Bertz CT molecular complexity index is 1280. The number of aromatic nitrogens is 1. The molecule has 5 rings (SSSR count). The van der Waals surface area contributed by atoms with Gasteiger partial charge in [-0.3, -0.25) is 4.98 Å². The van der Waals surface area contributed by atoms with Gasteiger partial charge in [-0.15, -0.1) is 0 Å². The monoisotopic (exact) mass is 483 g/mol. The van der Waals surface area contributed by atoms with E-state index in [0.717, 1.165) is 17.1 Å². The lowest BCUT2D eigenvalue weighted by Gasteiger charge is -2.41. The number of nitrogens with zero attached hydrogens (tertiary/aromatic N) is 4. The van der Waals surface area contributed by atoms with Crippen molar-refractivity contribution >= 4 is 40.0 Å². The maximum Gasteiger partial charge on any atom is 0.174 e. The van der Waals surface area contributed by atoms with E-state index in [1.54, 1.807) is 0 Å². The second-order valence-electron chi connectivity index (χ2n) is 10.2. The van der Waals surface area contributed by atoms with E-state index in [4.69, 9.17) is 17.2 Å². The maximum absolute atomic E-state index is 5.91. The number of thiocarbonyl (C=S) groups is 1. The van der Waals surface area contributed by atoms with Crippen molar-refractivity contribution in [3.8, 4) is 0 Å². The average Bonchev–Trinajstić information content (AvgIpc) is 3.19. The number of hydrogen-bond donors (Lipinski definition) is 1. The topological polar surface area (TPSA) is 34.6 Å². The molecular weight excluding hydrogens is 450 g/mol. The van der Waals surface area contributed by atoms with Crippen molar-refractivity contribution in [1.82, 2.24) is 10.3 Å². The molecule has 0 saturated carbocycles. The van der Waals surface area contributed by atoms with Gasteiger partial charge in [0.1, 0.15) is 0 Å². The Labute approximate surface area is 214 Å². The van der Waals surface area contributed by atoms with E-state index in [-0.39, 0.29) is 17.6 Å². The summed E-state index contributed by atoms with van der Waals surface area (Å²) in [6.45, 7) is 6.72. The molecule has 1 N–H and O–H groups in total. The first-order valence-electron chi connectivity index (χ1n) is 12.0. The number of anilines is 3. The Morgan fingerprint density at radius 3 is 2.43 bits per heavy atom. The van der Waals surface area contributed by atoms with E-state index in [9.17, 15) is 0 Å². The van der Waals surface area contributed by atoms with Crippen LogP contribution in [0.1, 0.15) is 49.7 Å². The van der Waals surface area contributed by atoms with Crippen molar-refractivity contribution in [3.63, 3.8) is 0 Å². The van der Waals surface area contributed by atoms with Crippen LogP contribution in [0.2, 0.25) is 0 Å². The molecule has 2 atom stereocenters. The van der Waals surface area contributed by atoms with Crippen molar-refractivity contribution in [2.24, 2.45) is 0 Å². The molecule has 180 valence electrons. The molecule has 2 aliphatic rings. The molecule has 2 aliphatic heterocycles. The second kappa shape index (κ2) is 8.68. The van der Waals surface area contributed by atoms with Gasteiger partial charge in [0.05, 0.1) is 23.3 Å². The third kappa shape index (κ3) is 4.06. The van der Waals surface area contributed by atoms with Gasteiger partial charge in [0.25, 0.3) is 0 Å². The molecule has 35 heavy (non-hydrogen) atoms. The van der Waals surface area contributed by atoms with Gasteiger partial charge >= 0.3 is 0 Å². The minimum atomic E-state index is -0.0580.